The predicted molar refractivity (Wildman–Crippen MR) is 80.4 cm³/mol. The molecule has 0 bridgehead atoms. The van der Waals surface area contributed by atoms with Gasteiger partial charge >= 0.3 is 0 Å². The third kappa shape index (κ3) is 5.33. The van der Waals surface area contributed by atoms with Crippen molar-refractivity contribution in [2.45, 2.75) is 52.2 Å². The van der Waals surface area contributed by atoms with Gasteiger partial charge in [-0.2, -0.15) is 0 Å². The summed E-state index contributed by atoms with van der Waals surface area (Å²) in [5, 5.41) is 3.59. The minimum Gasteiger partial charge on any atom is -0.372 e. The zero-order valence-corrected chi connectivity index (χ0v) is 12.5. The number of aryl methyl sites for hydroxylation is 1. The molecule has 106 valence electrons. The topological polar surface area (TPSA) is 21.3 Å². The van der Waals surface area contributed by atoms with E-state index in [-0.39, 0.29) is 6.10 Å². The number of ether oxygens (including phenoxy) is 1. The van der Waals surface area contributed by atoms with Crippen molar-refractivity contribution in [3.63, 3.8) is 0 Å². The minimum atomic E-state index is 0.194. The van der Waals surface area contributed by atoms with Gasteiger partial charge in [0.1, 0.15) is 0 Å². The van der Waals surface area contributed by atoms with Crippen LogP contribution in [0.3, 0.4) is 0 Å². The molecule has 0 radical (unpaired) electrons. The fraction of sp³-hybridized carbons (Fsp3) is 0.647. The molecule has 1 saturated carbocycles. The maximum Gasteiger partial charge on any atom is 0.0949 e. The van der Waals surface area contributed by atoms with Gasteiger partial charge < -0.3 is 10.1 Å². The number of rotatable bonds is 8. The van der Waals surface area contributed by atoms with Crippen LogP contribution in [-0.2, 0) is 4.74 Å². The first-order valence-electron chi connectivity index (χ1n) is 7.56. The van der Waals surface area contributed by atoms with Gasteiger partial charge in [-0.15, -0.1) is 0 Å². The Morgan fingerprint density at radius 2 is 2.11 bits per heavy atom. The maximum atomic E-state index is 6.11. The summed E-state index contributed by atoms with van der Waals surface area (Å²) in [4.78, 5) is 0. The van der Waals surface area contributed by atoms with E-state index in [2.05, 4.69) is 50.4 Å². The van der Waals surface area contributed by atoms with Gasteiger partial charge in [0, 0.05) is 19.2 Å². The van der Waals surface area contributed by atoms with Crippen molar-refractivity contribution < 1.29 is 4.74 Å². The van der Waals surface area contributed by atoms with E-state index >= 15 is 0 Å². The molecule has 0 saturated heterocycles. The van der Waals surface area contributed by atoms with Crippen LogP contribution in [0.15, 0.2) is 24.3 Å². The van der Waals surface area contributed by atoms with E-state index < -0.39 is 0 Å². The lowest BCUT2D eigenvalue weighted by Gasteiger charge is -2.20. The van der Waals surface area contributed by atoms with Crippen molar-refractivity contribution >= 4 is 0 Å². The van der Waals surface area contributed by atoms with Crippen LogP contribution in [0.2, 0.25) is 0 Å². The van der Waals surface area contributed by atoms with Crippen LogP contribution in [-0.4, -0.2) is 19.2 Å². The highest BCUT2D eigenvalue weighted by Gasteiger charge is 2.22. The van der Waals surface area contributed by atoms with Crippen LogP contribution in [0.5, 0.6) is 0 Å². The first kappa shape index (κ1) is 14.5. The quantitative estimate of drug-likeness (QED) is 0.767. The van der Waals surface area contributed by atoms with E-state index in [1.54, 1.807) is 0 Å². The molecule has 1 aliphatic rings. The molecule has 2 rings (SSSR count). The smallest absolute Gasteiger partial charge is 0.0949 e. The largest absolute Gasteiger partial charge is 0.372 e. The summed E-state index contributed by atoms with van der Waals surface area (Å²) in [7, 11) is 0. The van der Waals surface area contributed by atoms with Crippen molar-refractivity contribution in [2.75, 3.05) is 13.2 Å². The Morgan fingerprint density at radius 1 is 1.32 bits per heavy atom. The monoisotopic (exact) mass is 261 g/mol. The lowest BCUT2D eigenvalue weighted by atomic mass is 10.1. The molecule has 1 fully saturated rings. The molecule has 2 heteroatoms. The Bertz CT molecular complexity index is 385. The van der Waals surface area contributed by atoms with Crippen LogP contribution < -0.4 is 5.32 Å². The molecule has 1 N–H and O–H groups in total. The third-order valence-electron chi connectivity index (χ3n) is 3.60. The van der Waals surface area contributed by atoms with Gasteiger partial charge in [-0.3, -0.25) is 0 Å². The van der Waals surface area contributed by atoms with Crippen molar-refractivity contribution in [1.82, 2.24) is 5.32 Å². The lowest BCUT2D eigenvalue weighted by molar-refractivity contribution is 0.0455. The summed E-state index contributed by atoms with van der Waals surface area (Å²) in [6, 6.07) is 9.43. The maximum absolute atomic E-state index is 6.11. The number of hydrogen-bond acceptors (Lipinski definition) is 2. The molecule has 1 aliphatic carbocycles. The second-order valence-corrected chi connectivity index (χ2v) is 6.14. The molecule has 0 heterocycles. The number of hydrogen-bond donors (Lipinski definition) is 1. The van der Waals surface area contributed by atoms with Gasteiger partial charge in [0.15, 0.2) is 0 Å². The summed E-state index contributed by atoms with van der Waals surface area (Å²) in [6.07, 6.45) is 3.98. The molecule has 0 spiro atoms. The molecule has 1 aromatic rings. The first-order chi connectivity index (χ1) is 9.15. The van der Waals surface area contributed by atoms with E-state index in [0.717, 1.165) is 25.6 Å². The van der Waals surface area contributed by atoms with Gasteiger partial charge in [0.05, 0.1) is 6.10 Å². The van der Waals surface area contributed by atoms with Gasteiger partial charge in [0.25, 0.3) is 0 Å². The molecular weight excluding hydrogens is 234 g/mol. The average Bonchev–Trinajstić information content (AvgIpc) is 3.17. The fourth-order valence-electron chi connectivity index (χ4n) is 2.15. The minimum absolute atomic E-state index is 0.194. The molecule has 1 atom stereocenters. The summed E-state index contributed by atoms with van der Waals surface area (Å²) in [5.41, 5.74) is 2.61. The summed E-state index contributed by atoms with van der Waals surface area (Å²) >= 11 is 0. The van der Waals surface area contributed by atoms with Gasteiger partial charge in [-0.05, 0) is 37.7 Å². The Balaban J connectivity index is 1.91. The van der Waals surface area contributed by atoms with Crippen molar-refractivity contribution in [3.05, 3.63) is 35.4 Å². The van der Waals surface area contributed by atoms with E-state index in [4.69, 9.17) is 4.74 Å². The Labute approximate surface area is 117 Å². The van der Waals surface area contributed by atoms with Crippen LogP contribution in [0.4, 0.5) is 0 Å². The molecule has 19 heavy (non-hydrogen) atoms. The SMILES string of the molecule is Cc1cccc(C(CNC2CC2)OCCC(C)C)c1. The first-order valence-corrected chi connectivity index (χ1v) is 7.56. The zero-order chi connectivity index (χ0) is 13.7. The van der Waals surface area contributed by atoms with Crippen LogP contribution in [0.1, 0.15) is 50.3 Å². The van der Waals surface area contributed by atoms with Gasteiger partial charge in [0.2, 0.25) is 0 Å². The predicted octanol–water partition coefficient (Wildman–Crippen LogP) is 3.85. The fourth-order valence-corrected chi connectivity index (χ4v) is 2.15. The zero-order valence-electron chi connectivity index (χ0n) is 12.5. The molecule has 0 aromatic heterocycles. The highest BCUT2D eigenvalue weighted by molar-refractivity contribution is 5.24. The summed E-state index contributed by atoms with van der Waals surface area (Å²) < 4.78 is 6.11. The summed E-state index contributed by atoms with van der Waals surface area (Å²) in [6.45, 7) is 8.42. The lowest BCUT2D eigenvalue weighted by Crippen LogP contribution is -2.25. The second-order valence-electron chi connectivity index (χ2n) is 6.14. The van der Waals surface area contributed by atoms with Gasteiger partial charge in [-0.25, -0.2) is 0 Å². The highest BCUT2D eigenvalue weighted by Crippen LogP contribution is 2.23. The van der Waals surface area contributed by atoms with Crippen molar-refractivity contribution in [3.8, 4) is 0 Å². The Hall–Kier alpha value is -0.860. The van der Waals surface area contributed by atoms with E-state index in [1.165, 1.54) is 24.0 Å². The van der Waals surface area contributed by atoms with Crippen LogP contribution >= 0.6 is 0 Å². The Morgan fingerprint density at radius 3 is 2.74 bits per heavy atom. The molecular formula is C17H27NO. The summed E-state index contributed by atoms with van der Waals surface area (Å²) in [5.74, 6) is 0.703. The van der Waals surface area contributed by atoms with E-state index in [1.807, 2.05) is 0 Å². The van der Waals surface area contributed by atoms with Crippen LogP contribution in [0, 0.1) is 12.8 Å². The van der Waals surface area contributed by atoms with Crippen molar-refractivity contribution in [2.24, 2.45) is 5.92 Å². The van der Waals surface area contributed by atoms with Crippen molar-refractivity contribution in [1.29, 1.82) is 0 Å². The standard InChI is InChI=1S/C17H27NO/c1-13(2)9-10-19-17(12-18-16-7-8-16)15-6-4-5-14(3)11-15/h4-6,11,13,16-18H,7-10,12H2,1-3H3. The number of benzene rings is 1. The molecule has 0 aliphatic heterocycles. The Kier molecular flexibility index (Phi) is 5.41. The number of nitrogens with one attached hydrogen (secondary N) is 1. The van der Waals surface area contributed by atoms with Crippen LogP contribution in [0.25, 0.3) is 0 Å². The second kappa shape index (κ2) is 7.06. The molecule has 1 unspecified atom stereocenters. The van der Waals surface area contributed by atoms with E-state index in [9.17, 15) is 0 Å². The third-order valence-corrected chi connectivity index (χ3v) is 3.60. The van der Waals surface area contributed by atoms with E-state index in [0.29, 0.717) is 5.92 Å². The normalized spacial score (nSPS) is 16.8. The average molecular weight is 261 g/mol. The molecule has 0 amide bonds. The molecule has 1 aromatic carbocycles. The van der Waals surface area contributed by atoms with Gasteiger partial charge in [-0.1, -0.05) is 43.7 Å². The molecule has 2 nitrogen and oxygen atoms in total. The highest BCUT2D eigenvalue weighted by atomic mass is 16.5.